The largest absolute Gasteiger partial charge is 0.390 e. The molecule has 0 aromatic heterocycles. The quantitative estimate of drug-likeness (QED) is 0.767. The SMILES string of the molecule is C=C1NC(=O)C=CN1C1O[C@H](CCP(=C)(C)C)[C@@H](O)[C@H]1C. The number of ether oxygens (including phenoxy) is 1. The van der Waals surface area contributed by atoms with Crippen LogP contribution in [0.15, 0.2) is 24.7 Å². The normalized spacial score (nSPS) is 33.4. The number of aliphatic hydroxyl groups is 1. The summed E-state index contributed by atoms with van der Waals surface area (Å²) < 4.78 is 6.03. The number of carbonyl (C=O) groups is 1. The maximum absolute atomic E-state index is 11.3. The van der Waals surface area contributed by atoms with Gasteiger partial charge in [-0.2, -0.15) is 0 Å². The maximum Gasteiger partial charge on any atom is 0.250 e. The first-order valence-corrected chi connectivity index (χ1v) is 10.2. The Morgan fingerprint density at radius 1 is 1.52 bits per heavy atom. The lowest BCUT2D eigenvalue weighted by Crippen LogP contribution is -2.43. The minimum atomic E-state index is -1.13. The maximum atomic E-state index is 11.3. The fraction of sp³-hybridized carbons (Fsp3) is 0.600. The predicted octanol–water partition coefficient (Wildman–Crippen LogP) is 1.22. The van der Waals surface area contributed by atoms with E-state index in [0.717, 1.165) is 12.6 Å². The van der Waals surface area contributed by atoms with Crippen molar-refractivity contribution in [3.8, 4) is 0 Å². The second-order valence-corrected chi connectivity index (χ2v) is 10.8. The third-order valence-corrected chi connectivity index (χ3v) is 5.41. The smallest absolute Gasteiger partial charge is 0.250 e. The Labute approximate surface area is 126 Å². The van der Waals surface area contributed by atoms with Crippen LogP contribution in [0.25, 0.3) is 0 Å². The predicted molar refractivity (Wildman–Crippen MR) is 87.5 cm³/mol. The summed E-state index contributed by atoms with van der Waals surface area (Å²) in [4.78, 5) is 13.1. The fourth-order valence-corrected chi connectivity index (χ4v) is 3.60. The Kier molecular flexibility index (Phi) is 4.66. The Balaban J connectivity index is 2.06. The molecule has 2 heterocycles. The molecule has 2 aliphatic rings. The standard InChI is InChI=1S/C15H25N2O3P/c1-10-14(19)12(7-9-21(3,4)5)20-15(10)17-8-6-13(18)16-11(17)2/h6,8,10,12,14-15,19H,2-3,7,9H2,1,4-5H3,(H,16,18)/t10-,12-,14+,15?/m1/s1. The van der Waals surface area contributed by atoms with Crippen molar-refractivity contribution in [2.24, 2.45) is 5.92 Å². The van der Waals surface area contributed by atoms with E-state index in [9.17, 15) is 9.90 Å². The van der Waals surface area contributed by atoms with Crippen molar-refractivity contribution in [1.29, 1.82) is 0 Å². The lowest BCUT2D eigenvalue weighted by Gasteiger charge is -2.33. The first-order valence-electron chi connectivity index (χ1n) is 7.16. The number of hydrogen-bond donors (Lipinski definition) is 2. The van der Waals surface area contributed by atoms with Gasteiger partial charge in [-0.15, -0.1) is 13.2 Å². The van der Waals surface area contributed by atoms with Crippen LogP contribution in [0, 0.1) is 5.92 Å². The molecule has 6 heteroatoms. The minimum absolute atomic E-state index is 0.0577. The summed E-state index contributed by atoms with van der Waals surface area (Å²) in [6.45, 7) is 9.02. The van der Waals surface area contributed by atoms with Crippen LogP contribution in [0.1, 0.15) is 13.3 Å². The molecule has 2 aliphatic heterocycles. The van der Waals surface area contributed by atoms with E-state index < -0.39 is 13.0 Å². The zero-order valence-corrected chi connectivity index (χ0v) is 13.8. The highest BCUT2D eigenvalue weighted by Gasteiger charge is 2.44. The number of carbonyl (C=O) groups excluding carboxylic acids is 1. The molecule has 1 unspecified atom stereocenters. The Bertz CT molecular complexity index is 511. The lowest BCUT2D eigenvalue weighted by molar-refractivity contribution is -0.117. The van der Waals surface area contributed by atoms with E-state index in [2.05, 4.69) is 31.5 Å². The van der Waals surface area contributed by atoms with Gasteiger partial charge in [-0.1, -0.05) is 13.5 Å². The molecule has 0 aromatic rings. The van der Waals surface area contributed by atoms with E-state index in [1.54, 1.807) is 11.1 Å². The summed E-state index contributed by atoms with van der Waals surface area (Å²) >= 11 is 0. The summed E-state index contributed by atoms with van der Waals surface area (Å²) in [7, 11) is 0. The molecule has 0 aromatic carbocycles. The van der Waals surface area contributed by atoms with Crippen molar-refractivity contribution >= 4 is 19.1 Å². The number of nitrogens with one attached hydrogen (secondary N) is 1. The second kappa shape index (κ2) is 5.99. The molecule has 5 nitrogen and oxygen atoms in total. The molecule has 1 saturated heterocycles. The third kappa shape index (κ3) is 3.79. The van der Waals surface area contributed by atoms with Gasteiger partial charge in [0.2, 0.25) is 0 Å². The number of nitrogens with zero attached hydrogens (tertiary/aromatic N) is 1. The molecular formula is C15H25N2O3P. The van der Waals surface area contributed by atoms with Gasteiger partial charge in [-0.25, -0.2) is 0 Å². The Morgan fingerprint density at radius 3 is 2.76 bits per heavy atom. The topological polar surface area (TPSA) is 61.8 Å². The second-order valence-electron chi connectivity index (χ2n) is 6.52. The average molecular weight is 312 g/mol. The van der Waals surface area contributed by atoms with Crippen LogP contribution in [0.5, 0.6) is 0 Å². The molecule has 118 valence electrons. The van der Waals surface area contributed by atoms with Gasteiger partial charge in [0.25, 0.3) is 5.91 Å². The number of amides is 1. The molecular weight excluding hydrogens is 287 g/mol. The van der Waals surface area contributed by atoms with Gasteiger partial charge < -0.3 is 20.1 Å². The van der Waals surface area contributed by atoms with Crippen LogP contribution in [0.3, 0.4) is 0 Å². The van der Waals surface area contributed by atoms with Gasteiger partial charge in [0, 0.05) is 18.2 Å². The molecule has 2 rings (SSSR count). The monoisotopic (exact) mass is 312 g/mol. The van der Waals surface area contributed by atoms with Gasteiger partial charge in [-0.3, -0.25) is 4.79 Å². The van der Waals surface area contributed by atoms with E-state index >= 15 is 0 Å². The summed E-state index contributed by atoms with van der Waals surface area (Å²) in [6.07, 6.45) is 8.08. The van der Waals surface area contributed by atoms with E-state index in [4.69, 9.17) is 4.74 Å². The number of hydrogen-bond acceptors (Lipinski definition) is 4. The number of rotatable bonds is 4. The molecule has 0 spiro atoms. The molecule has 1 fully saturated rings. The minimum Gasteiger partial charge on any atom is -0.390 e. The molecule has 0 aliphatic carbocycles. The first-order chi connectivity index (χ1) is 9.69. The highest BCUT2D eigenvalue weighted by Crippen LogP contribution is 2.39. The zero-order chi connectivity index (χ0) is 15.8. The fourth-order valence-electron chi connectivity index (χ4n) is 2.65. The van der Waals surface area contributed by atoms with Gasteiger partial charge >= 0.3 is 0 Å². The van der Waals surface area contributed by atoms with Crippen LogP contribution in [0.4, 0.5) is 0 Å². The van der Waals surface area contributed by atoms with E-state index in [0.29, 0.717) is 5.82 Å². The van der Waals surface area contributed by atoms with Crippen molar-refractivity contribution < 1.29 is 14.6 Å². The molecule has 0 radical (unpaired) electrons. The average Bonchev–Trinajstić information content (AvgIpc) is 2.64. The van der Waals surface area contributed by atoms with E-state index in [1.807, 2.05) is 6.92 Å². The number of aliphatic hydroxyl groups excluding tert-OH is 1. The summed E-state index contributed by atoms with van der Waals surface area (Å²) in [6, 6.07) is 0. The molecule has 1 amide bonds. The van der Waals surface area contributed by atoms with Crippen LogP contribution in [-0.2, 0) is 9.53 Å². The van der Waals surface area contributed by atoms with Crippen LogP contribution < -0.4 is 5.32 Å². The molecule has 4 atom stereocenters. The van der Waals surface area contributed by atoms with E-state index in [-0.39, 0.29) is 24.2 Å². The molecule has 2 N–H and O–H groups in total. The zero-order valence-electron chi connectivity index (χ0n) is 13.0. The summed E-state index contributed by atoms with van der Waals surface area (Å²) in [5, 5.41) is 13.0. The van der Waals surface area contributed by atoms with Gasteiger partial charge in [0.1, 0.15) is 12.0 Å². The van der Waals surface area contributed by atoms with Crippen molar-refractivity contribution in [2.45, 2.75) is 31.8 Å². The van der Waals surface area contributed by atoms with Crippen molar-refractivity contribution in [2.75, 3.05) is 19.5 Å². The summed E-state index contributed by atoms with van der Waals surface area (Å²) in [5.74, 6) is 0.234. The summed E-state index contributed by atoms with van der Waals surface area (Å²) in [5.41, 5.74) is 0. The van der Waals surface area contributed by atoms with Crippen molar-refractivity contribution in [1.82, 2.24) is 10.2 Å². The van der Waals surface area contributed by atoms with Crippen molar-refractivity contribution in [3.63, 3.8) is 0 Å². The molecule has 0 bridgehead atoms. The van der Waals surface area contributed by atoms with Crippen LogP contribution >= 0.6 is 6.89 Å². The Morgan fingerprint density at radius 2 is 2.19 bits per heavy atom. The third-order valence-electron chi connectivity index (χ3n) is 3.94. The van der Waals surface area contributed by atoms with E-state index in [1.165, 1.54) is 6.08 Å². The van der Waals surface area contributed by atoms with Crippen LogP contribution in [0.2, 0.25) is 0 Å². The molecule has 21 heavy (non-hydrogen) atoms. The van der Waals surface area contributed by atoms with Gasteiger partial charge in [-0.05, 0) is 25.9 Å². The first kappa shape index (κ1) is 16.3. The molecule has 0 saturated carbocycles. The highest BCUT2D eigenvalue weighted by molar-refractivity contribution is 7.72. The lowest BCUT2D eigenvalue weighted by atomic mass is 10.00. The highest BCUT2D eigenvalue weighted by atomic mass is 31.2. The van der Waals surface area contributed by atoms with Crippen LogP contribution in [-0.4, -0.2) is 60.1 Å². The van der Waals surface area contributed by atoms with Crippen molar-refractivity contribution in [3.05, 3.63) is 24.7 Å². The Hall–Kier alpha value is -1.03. The van der Waals surface area contributed by atoms with Gasteiger partial charge in [0.05, 0.1) is 12.2 Å². The van der Waals surface area contributed by atoms with Gasteiger partial charge in [0.15, 0.2) is 0 Å².